The number of anilines is 1. The molecule has 0 aliphatic rings. The molecule has 1 atom stereocenters. The second-order valence-electron chi connectivity index (χ2n) is 3.85. The molecule has 2 rings (SSSR count). The summed E-state index contributed by atoms with van der Waals surface area (Å²) < 4.78 is 6.67. The molecule has 2 aromatic heterocycles. The maximum atomic E-state index is 12.0. The molecule has 0 bridgehead atoms. The van der Waals surface area contributed by atoms with Crippen LogP contribution in [0.4, 0.5) is 5.88 Å². The molecule has 2 aromatic rings. The van der Waals surface area contributed by atoms with Crippen LogP contribution in [0.3, 0.4) is 0 Å². The van der Waals surface area contributed by atoms with Crippen molar-refractivity contribution < 1.29 is 9.32 Å². The summed E-state index contributed by atoms with van der Waals surface area (Å²) in [6, 6.07) is 1.68. The molecule has 1 amide bonds. The van der Waals surface area contributed by atoms with Crippen LogP contribution in [-0.2, 0) is 4.79 Å². The largest absolute Gasteiger partial charge is 0.338 e. The van der Waals surface area contributed by atoms with Gasteiger partial charge in [0.25, 0.3) is 0 Å². The van der Waals surface area contributed by atoms with Crippen LogP contribution in [0.2, 0.25) is 0 Å². The number of carbonyl (C=O) groups is 1. The van der Waals surface area contributed by atoms with E-state index in [1.165, 1.54) is 23.1 Å². The molecule has 0 radical (unpaired) electrons. The molecule has 0 saturated carbocycles. The van der Waals surface area contributed by atoms with Crippen molar-refractivity contribution in [3.05, 3.63) is 11.8 Å². The number of amides is 1. The zero-order chi connectivity index (χ0) is 14.5. The Bertz CT molecular complexity index is 584. The molecule has 20 heavy (non-hydrogen) atoms. The molecular weight excluding hydrogens is 316 g/mol. The van der Waals surface area contributed by atoms with Crippen molar-refractivity contribution >= 4 is 46.7 Å². The first-order chi connectivity index (χ1) is 9.58. The van der Waals surface area contributed by atoms with Crippen LogP contribution in [0.25, 0.3) is 0 Å². The number of nitrogens with zero attached hydrogens (tertiary/aromatic N) is 3. The fourth-order valence-corrected chi connectivity index (χ4v) is 4.34. The highest BCUT2D eigenvalue weighted by Crippen LogP contribution is 2.31. The topological polar surface area (TPSA) is 80.9 Å². The Balaban J connectivity index is 1.89. The van der Waals surface area contributed by atoms with Gasteiger partial charge in [0.15, 0.2) is 8.68 Å². The minimum atomic E-state index is -0.284. The zero-order valence-electron chi connectivity index (χ0n) is 11.2. The predicted molar refractivity (Wildman–Crippen MR) is 81.5 cm³/mol. The van der Waals surface area contributed by atoms with Crippen LogP contribution in [0.5, 0.6) is 0 Å². The molecule has 108 valence electrons. The maximum Gasteiger partial charge on any atom is 0.240 e. The van der Waals surface area contributed by atoms with Crippen molar-refractivity contribution in [2.24, 2.45) is 0 Å². The number of hydrogen-bond acceptors (Lipinski definition) is 8. The second kappa shape index (κ2) is 7.09. The Hall–Kier alpha value is -1.06. The lowest BCUT2D eigenvalue weighted by molar-refractivity contribution is -0.115. The highest BCUT2D eigenvalue weighted by atomic mass is 32.2. The van der Waals surface area contributed by atoms with Gasteiger partial charge in [-0.1, -0.05) is 46.9 Å². The second-order valence-corrected chi connectivity index (χ2v) is 7.93. The highest BCUT2D eigenvalue weighted by Gasteiger charge is 2.18. The van der Waals surface area contributed by atoms with Gasteiger partial charge in [0.2, 0.25) is 11.8 Å². The van der Waals surface area contributed by atoms with Crippen LogP contribution in [0.15, 0.2) is 19.3 Å². The highest BCUT2D eigenvalue weighted by molar-refractivity contribution is 8.03. The smallest absolute Gasteiger partial charge is 0.240 e. The molecule has 0 fully saturated rings. The van der Waals surface area contributed by atoms with Crippen molar-refractivity contribution in [1.82, 2.24) is 15.4 Å². The first kappa shape index (κ1) is 15.3. The summed E-state index contributed by atoms with van der Waals surface area (Å²) in [6.45, 7) is 5.68. The van der Waals surface area contributed by atoms with Crippen molar-refractivity contribution in [1.29, 1.82) is 0 Å². The van der Waals surface area contributed by atoms with E-state index in [0.717, 1.165) is 20.1 Å². The third-order valence-corrected chi connectivity index (χ3v) is 5.30. The van der Waals surface area contributed by atoms with Gasteiger partial charge in [0.05, 0.1) is 10.9 Å². The van der Waals surface area contributed by atoms with E-state index in [-0.39, 0.29) is 11.2 Å². The molecule has 6 nitrogen and oxygen atoms in total. The van der Waals surface area contributed by atoms with Crippen molar-refractivity contribution in [3.8, 4) is 0 Å². The van der Waals surface area contributed by atoms with Crippen molar-refractivity contribution in [2.75, 3.05) is 11.1 Å². The molecule has 1 N–H and O–H groups in total. The van der Waals surface area contributed by atoms with Crippen molar-refractivity contribution in [3.63, 3.8) is 0 Å². The van der Waals surface area contributed by atoms with Crippen LogP contribution >= 0.6 is 34.9 Å². The van der Waals surface area contributed by atoms with E-state index in [1.54, 1.807) is 24.8 Å². The molecule has 2 heterocycles. The van der Waals surface area contributed by atoms with E-state index >= 15 is 0 Å². The standard InChI is InChI=1S/C11H14N4O2S3/c1-4-18-10-13-14-11(20-10)19-7(3)9(16)12-8-5-6(2)15-17-8/h5,7H,4H2,1-3H3,(H,12,16)/t7-/m1/s1. The summed E-state index contributed by atoms with van der Waals surface area (Å²) in [6.07, 6.45) is 0. The fraction of sp³-hybridized carbons (Fsp3) is 0.455. The minimum Gasteiger partial charge on any atom is -0.338 e. The lowest BCUT2D eigenvalue weighted by atomic mass is 10.4. The van der Waals surface area contributed by atoms with Crippen LogP contribution in [-0.4, -0.2) is 32.3 Å². The average molecular weight is 330 g/mol. The van der Waals surface area contributed by atoms with Gasteiger partial charge in [-0.25, -0.2) is 0 Å². The quantitative estimate of drug-likeness (QED) is 0.815. The van der Waals surface area contributed by atoms with Crippen molar-refractivity contribution in [2.45, 2.75) is 34.7 Å². The van der Waals surface area contributed by atoms with E-state index in [2.05, 4.69) is 27.6 Å². The van der Waals surface area contributed by atoms with E-state index in [0.29, 0.717) is 5.88 Å². The number of carbonyl (C=O) groups excluding carboxylic acids is 1. The van der Waals surface area contributed by atoms with Gasteiger partial charge >= 0.3 is 0 Å². The number of aromatic nitrogens is 3. The number of hydrogen-bond donors (Lipinski definition) is 1. The number of rotatable bonds is 6. The SMILES string of the molecule is CCSc1nnc(S[C@H](C)C(=O)Nc2cc(C)no2)s1. The van der Waals surface area contributed by atoms with Gasteiger partial charge < -0.3 is 4.52 Å². The molecule has 0 spiro atoms. The average Bonchev–Trinajstić information content (AvgIpc) is 2.99. The monoisotopic (exact) mass is 330 g/mol. The summed E-state index contributed by atoms with van der Waals surface area (Å²) in [5, 5.41) is 14.2. The first-order valence-electron chi connectivity index (χ1n) is 5.95. The molecule has 0 aromatic carbocycles. The summed E-state index contributed by atoms with van der Waals surface area (Å²) in [4.78, 5) is 12.0. The molecule has 0 aliphatic carbocycles. The van der Waals surface area contributed by atoms with Gasteiger partial charge in [-0.15, -0.1) is 10.2 Å². The van der Waals surface area contributed by atoms with Gasteiger partial charge in [0.1, 0.15) is 0 Å². The van der Waals surface area contributed by atoms with Crippen LogP contribution < -0.4 is 5.32 Å². The first-order valence-corrected chi connectivity index (χ1v) is 8.63. The Morgan fingerprint density at radius 2 is 2.25 bits per heavy atom. The minimum absolute atomic E-state index is 0.147. The Morgan fingerprint density at radius 1 is 1.50 bits per heavy atom. The summed E-state index contributed by atoms with van der Waals surface area (Å²) in [5.41, 5.74) is 0.728. The molecule has 9 heteroatoms. The predicted octanol–water partition coefficient (Wildman–Crippen LogP) is 3.07. The zero-order valence-corrected chi connectivity index (χ0v) is 13.7. The summed E-state index contributed by atoms with van der Waals surface area (Å²) in [5.74, 6) is 1.17. The summed E-state index contributed by atoms with van der Waals surface area (Å²) in [7, 11) is 0. The van der Waals surface area contributed by atoms with Gasteiger partial charge in [-0.3, -0.25) is 10.1 Å². The van der Waals surface area contributed by atoms with E-state index < -0.39 is 0 Å². The van der Waals surface area contributed by atoms with E-state index in [1.807, 2.05) is 6.92 Å². The van der Waals surface area contributed by atoms with Gasteiger partial charge in [-0.05, 0) is 19.6 Å². The molecule has 0 unspecified atom stereocenters. The molecule has 0 aliphatic heterocycles. The van der Waals surface area contributed by atoms with Gasteiger partial charge in [0, 0.05) is 6.07 Å². The van der Waals surface area contributed by atoms with Crippen LogP contribution in [0, 0.1) is 6.92 Å². The van der Waals surface area contributed by atoms with E-state index in [4.69, 9.17) is 4.52 Å². The number of aryl methyl sites for hydroxylation is 1. The summed E-state index contributed by atoms with van der Waals surface area (Å²) >= 11 is 4.53. The van der Waals surface area contributed by atoms with Crippen LogP contribution in [0.1, 0.15) is 19.5 Å². The third kappa shape index (κ3) is 4.22. The third-order valence-electron chi connectivity index (χ3n) is 2.18. The normalized spacial score (nSPS) is 12.3. The molecule has 0 saturated heterocycles. The number of thioether (sulfide) groups is 2. The molecular formula is C11H14N4O2S3. The number of nitrogens with one attached hydrogen (secondary N) is 1. The van der Waals surface area contributed by atoms with E-state index in [9.17, 15) is 4.79 Å². The Kier molecular flexibility index (Phi) is 5.44. The lowest BCUT2D eigenvalue weighted by Gasteiger charge is -2.07. The maximum absolute atomic E-state index is 12.0. The Morgan fingerprint density at radius 3 is 2.90 bits per heavy atom. The van der Waals surface area contributed by atoms with Gasteiger partial charge in [-0.2, -0.15) is 0 Å². The fourth-order valence-electron chi connectivity index (χ4n) is 1.28. The lowest BCUT2D eigenvalue weighted by Crippen LogP contribution is -2.22. The Labute approximate surface area is 129 Å².